The predicted molar refractivity (Wildman–Crippen MR) is 116 cm³/mol. The zero-order valence-corrected chi connectivity index (χ0v) is 16.7. The number of rotatable bonds is 3. The lowest BCUT2D eigenvalue weighted by Gasteiger charge is -2.14. The molecular weight excluding hydrogens is 386 g/mol. The number of para-hydroxylation sites is 1. The van der Waals surface area contributed by atoms with Crippen molar-refractivity contribution in [2.45, 2.75) is 13.8 Å². The molecule has 0 aliphatic carbocycles. The van der Waals surface area contributed by atoms with E-state index in [2.05, 4.69) is 10.4 Å². The lowest BCUT2D eigenvalue weighted by molar-refractivity contribution is 0.102. The molecule has 1 N–H and O–H groups in total. The molecule has 0 atom stereocenters. The summed E-state index contributed by atoms with van der Waals surface area (Å²) >= 11 is 6.35. The minimum atomic E-state index is -0.431. The Hall–Kier alpha value is -3.44. The van der Waals surface area contributed by atoms with Crippen molar-refractivity contribution >= 4 is 34.0 Å². The van der Waals surface area contributed by atoms with Crippen LogP contribution in [0.4, 0.5) is 5.69 Å². The maximum absolute atomic E-state index is 13.2. The third-order valence-corrected chi connectivity index (χ3v) is 4.99. The maximum Gasteiger partial charge on any atom is 0.279 e. The number of anilines is 1. The van der Waals surface area contributed by atoms with E-state index in [9.17, 15) is 9.59 Å². The van der Waals surface area contributed by atoms with Crippen molar-refractivity contribution in [3.63, 3.8) is 0 Å². The van der Waals surface area contributed by atoms with Gasteiger partial charge in [-0.3, -0.25) is 9.59 Å². The Labute approximate surface area is 172 Å². The van der Waals surface area contributed by atoms with Gasteiger partial charge >= 0.3 is 0 Å². The van der Waals surface area contributed by atoms with Crippen LogP contribution in [-0.2, 0) is 0 Å². The van der Waals surface area contributed by atoms with Crippen molar-refractivity contribution in [1.29, 1.82) is 0 Å². The van der Waals surface area contributed by atoms with Gasteiger partial charge in [-0.1, -0.05) is 54.1 Å². The average molecular weight is 404 g/mol. The van der Waals surface area contributed by atoms with Gasteiger partial charge in [-0.15, -0.1) is 0 Å². The Morgan fingerprint density at radius 2 is 1.62 bits per heavy atom. The minimum Gasteiger partial charge on any atom is -0.319 e. The summed E-state index contributed by atoms with van der Waals surface area (Å²) in [5.41, 5.74) is 2.84. The van der Waals surface area contributed by atoms with Gasteiger partial charge < -0.3 is 5.32 Å². The smallest absolute Gasteiger partial charge is 0.279 e. The van der Waals surface area contributed by atoms with Crippen LogP contribution < -0.4 is 10.9 Å². The molecule has 4 rings (SSSR count). The molecule has 3 aromatic carbocycles. The third kappa shape index (κ3) is 3.52. The molecule has 0 aliphatic rings. The van der Waals surface area contributed by atoms with Crippen LogP contribution in [0.2, 0.25) is 5.02 Å². The van der Waals surface area contributed by atoms with Gasteiger partial charge in [-0.05, 0) is 49.2 Å². The van der Waals surface area contributed by atoms with Gasteiger partial charge in [0.05, 0.1) is 21.8 Å². The zero-order valence-electron chi connectivity index (χ0n) is 15.9. The highest BCUT2D eigenvalue weighted by molar-refractivity contribution is 6.34. The van der Waals surface area contributed by atoms with E-state index >= 15 is 0 Å². The van der Waals surface area contributed by atoms with Crippen LogP contribution in [-0.4, -0.2) is 15.7 Å². The molecule has 0 saturated carbocycles. The molecule has 1 heterocycles. The summed E-state index contributed by atoms with van der Waals surface area (Å²) in [5, 5.41) is 8.62. The Kier molecular flexibility index (Phi) is 4.91. The number of hydrogen-bond acceptors (Lipinski definition) is 3. The summed E-state index contributed by atoms with van der Waals surface area (Å²) < 4.78 is 1.25. The molecule has 1 aromatic heterocycles. The Morgan fingerprint density at radius 1 is 0.966 bits per heavy atom. The first-order valence-electron chi connectivity index (χ1n) is 9.11. The number of hydrogen-bond donors (Lipinski definition) is 1. The van der Waals surface area contributed by atoms with E-state index in [0.29, 0.717) is 27.2 Å². The number of aryl methyl sites for hydroxylation is 2. The number of fused-ring (bicyclic) bond motifs is 1. The maximum atomic E-state index is 13.2. The van der Waals surface area contributed by atoms with Gasteiger partial charge in [0.1, 0.15) is 0 Å². The van der Waals surface area contributed by atoms with Crippen molar-refractivity contribution in [2.24, 2.45) is 0 Å². The van der Waals surface area contributed by atoms with Crippen molar-refractivity contribution in [2.75, 3.05) is 5.32 Å². The van der Waals surface area contributed by atoms with Crippen LogP contribution in [0.15, 0.2) is 71.5 Å². The second-order valence-electron chi connectivity index (χ2n) is 6.84. The van der Waals surface area contributed by atoms with Crippen molar-refractivity contribution in [3.05, 3.63) is 98.9 Å². The van der Waals surface area contributed by atoms with Gasteiger partial charge in [-0.2, -0.15) is 9.78 Å². The molecule has 1 amide bonds. The topological polar surface area (TPSA) is 64.0 Å². The van der Waals surface area contributed by atoms with Gasteiger partial charge in [-0.25, -0.2) is 0 Å². The van der Waals surface area contributed by atoms with Crippen LogP contribution >= 0.6 is 11.6 Å². The lowest BCUT2D eigenvalue weighted by Crippen LogP contribution is -2.26. The molecule has 4 aromatic rings. The third-order valence-electron chi connectivity index (χ3n) is 4.69. The number of nitrogens with one attached hydrogen (secondary N) is 1. The largest absolute Gasteiger partial charge is 0.319 e. The fourth-order valence-electron chi connectivity index (χ4n) is 3.35. The molecule has 144 valence electrons. The first-order chi connectivity index (χ1) is 14.0. The summed E-state index contributed by atoms with van der Waals surface area (Å²) in [6, 6.07) is 19.7. The summed E-state index contributed by atoms with van der Waals surface area (Å²) in [6.45, 7) is 3.82. The van der Waals surface area contributed by atoms with Crippen molar-refractivity contribution in [3.8, 4) is 5.69 Å². The summed E-state index contributed by atoms with van der Waals surface area (Å²) in [5.74, 6) is -0.431. The minimum absolute atomic E-state index is 0.153. The van der Waals surface area contributed by atoms with E-state index in [1.54, 1.807) is 42.5 Å². The summed E-state index contributed by atoms with van der Waals surface area (Å²) in [6.07, 6.45) is 0. The second kappa shape index (κ2) is 7.53. The Bertz CT molecular complexity index is 1270. The highest BCUT2D eigenvalue weighted by atomic mass is 35.5. The second-order valence-corrected chi connectivity index (χ2v) is 7.25. The SMILES string of the molecule is Cc1cc(C)c(NC(=O)c2nn(-c3ccccc3)c(=O)c3ccccc23)c(Cl)c1. The molecule has 0 unspecified atom stereocenters. The number of amides is 1. The molecule has 5 nitrogen and oxygen atoms in total. The van der Waals surface area contributed by atoms with E-state index in [1.807, 2.05) is 38.1 Å². The molecule has 0 radical (unpaired) electrons. The number of nitrogens with zero attached hydrogens (tertiary/aromatic N) is 2. The number of aromatic nitrogens is 2. The molecule has 0 spiro atoms. The van der Waals surface area contributed by atoms with E-state index in [4.69, 9.17) is 11.6 Å². The van der Waals surface area contributed by atoms with E-state index in [0.717, 1.165) is 11.1 Å². The quantitative estimate of drug-likeness (QED) is 0.528. The molecular formula is C23H18ClN3O2. The molecule has 0 bridgehead atoms. The van der Waals surface area contributed by atoms with E-state index in [1.165, 1.54) is 4.68 Å². The summed E-state index contributed by atoms with van der Waals surface area (Å²) in [4.78, 5) is 26.1. The lowest BCUT2D eigenvalue weighted by atomic mass is 10.1. The van der Waals surface area contributed by atoms with E-state index < -0.39 is 5.91 Å². The van der Waals surface area contributed by atoms with Crippen LogP contribution in [0.1, 0.15) is 21.6 Å². The molecule has 6 heteroatoms. The monoisotopic (exact) mass is 403 g/mol. The van der Waals surface area contributed by atoms with Crippen LogP contribution in [0.25, 0.3) is 16.5 Å². The number of halogens is 1. The summed E-state index contributed by atoms with van der Waals surface area (Å²) in [7, 11) is 0. The standard InChI is InChI=1S/C23H18ClN3O2/c1-14-12-15(2)20(19(24)13-14)25-22(28)21-17-10-6-7-11-18(17)23(29)27(26-21)16-8-4-3-5-9-16/h3-13H,1-2H3,(H,25,28). The van der Waals surface area contributed by atoms with Crippen molar-refractivity contribution < 1.29 is 4.79 Å². The van der Waals surface area contributed by atoms with Crippen LogP contribution in [0.5, 0.6) is 0 Å². The van der Waals surface area contributed by atoms with Gasteiger partial charge in [0.2, 0.25) is 0 Å². The van der Waals surface area contributed by atoms with Gasteiger partial charge in [0, 0.05) is 5.39 Å². The van der Waals surface area contributed by atoms with Crippen LogP contribution in [0, 0.1) is 13.8 Å². The van der Waals surface area contributed by atoms with Gasteiger partial charge in [0.25, 0.3) is 11.5 Å². The number of carbonyl (C=O) groups excluding carboxylic acids is 1. The Balaban J connectivity index is 1.88. The zero-order chi connectivity index (χ0) is 20.5. The predicted octanol–water partition coefficient (Wildman–Crippen LogP) is 4.91. The van der Waals surface area contributed by atoms with Crippen LogP contribution in [0.3, 0.4) is 0 Å². The average Bonchev–Trinajstić information content (AvgIpc) is 2.71. The van der Waals surface area contributed by atoms with E-state index in [-0.39, 0.29) is 11.3 Å². The molecule has 0 saturated heterocycles. The molecule has 29 heavy (non-hydrogen) atoms. The fourth-order valence-corrected chi connectivity index (χ4v) is 3.72. The molecule has 0 aliphatic heterocycles. The first-order valence-corrected chi connectivity index (χ1v) is 9.49. The number of benzene rings is 3. The first kappa shape index (κ1) is 18.9. The highest BCUT2D eigenvalue weighted by Gasteiger charge is 2.19. The van der Waals surface area contributed by atoms with Gasteiger partial charge in [0.15, 0.2) is 5.69 Å². The molecule has 0 fully saturated rings. The Morgan fingerprint density at radius 3 is 2.31 bits per heavy atom. The highest BCUT2D eigenvalue weighted by Crippen LogP contribution is 2.28. The van der Waals surface area contributed by atoms with Crippen molar-refractivity contribution in [1.82, 2.24) is 9.78 Å². The normalized spacial score (nSPS) is 10.9. The fraction of sp³-hybridized carbons (Fsp3) is 0.0870. The number of carbonyl (C=O) groups is 1.